The van der Waals surface area contributed by atoms with E-state index in [9.17, 15) is 18.0 Å². The van der Waals surface area contributed by atoms with Crippen molar-refractivity contribution in [3.63, 3.8) is 0 Å². The van der Waals surface area contributed by atoms with Crippen molar-refractivity contribution < 1.29 is 18.0 Å². The van der Waals surface area contributed by atoms with Crippen molar-refractivity contribution in [2.24, 2.45) is 0 Å². The number of carbonyl (C=O) groups excluding carboxylic acids is 2. The van der Waals surface area contributed by atoms with Crippen LogP contribution in [0.1, 0.15) is 18.1 Å². The van der Waals surface area contributed by atoms with Gasteiger partial charge in [-0.1, -0.05) is 47.5 Å². The minimum Gasteiger partial charge on any atom is -0.357 e. The number of anilines is 1. The molecule has 0 saturated carbocycles. The average Bonchev–Trinajstić information content (AvgIpc) is 2.86. The number of nitrogens with one attached hydrogen (secondary N) is 1. The Morgan fingerprint density at radius 2 is 1.53 bits per heavy atom. The van der Waals surface area contributed by atoms with E-state index in [2.05, 4.69) is 5.32 Å². The summed E-state index contributed by atoms with van der Waals surface area (Å²) in [4.78, 5) is 27.5. The van der Waals surface area contributed by atoms with Gasteiger partial charge in [-0.25, -0.2) is 8.42 Å². The number of hydrogen-bond acceptors (Lipinski definition) is 4. The summed E-state index contributed by atoms with van der Waals surface area (Å²) < 4.78 is 28.4. The van der Waals surface area contributed by atoms with Gasteiger partial charge in [0.25, 0.3) is 10.0 Å². The Morgan fingerprint density at radius 3 is 2.08 bits per heavy atom. The van der Waals surface area contributed by atoms with Crippen LogP contribution in [0, 0.1) is 6.92 Å². The van der Waals surface area contributed by atoms with Gasteiger partial charge in [0.15, 0.2) is 0 Å². The van der Waals surface area contributed by atoms with Crippen molar-refractivity contribution in [3.05, 3.63) is 94.0 Å². The molecule has 0 aliphatic rings. The summed E-state index contributed by atoms with van der Waals surface area (Å²) in [6.45, 7) is 3.01. The van der Waals surface area contributed by atoms with Gasteiger partial charge in [-0.3, -0.25) is 13.9 Å². The second-order valence-electron chi connectivity index (χ2n) is 8.24. The fraction of sp³-hybridized carbons (Fsp3) is 0.231. The van der Waals surface area contributed by atoms with Crippen LogP contribution in [0.25, 0.3) is 0 Å². The third-order valence-corrected chi connectivity index (χ3v) is 7.94. The molecule has 0 fully saturated rings. The maximum Gasteiger partial charge on any atom is 0.264 e. The zero-order valence-electron chi connectivity index (χ0n) is 20.1. The summed E-state index contributed by atoms with van der Waals surface area (Å²) in [5.41, 5.74) is 1.90. The first-order chi connectivity index (χ1) is 17.0. The number of carbonyl (C=O) groups is 2. The van der Waals surface area contributed by atoms with E-state index in [1.165, 1.54) is 36.2 Å². The summed E-state index contributed by atoms with van der Waals surface area (Å²) >= 11 is 11.9. The molecule has 0 unspecified atom stereocenters. The van der Waals surface area contributed by atoms with Crippen molar-refractivity contribution in [2.45, 2.75) is 31.3 Å². The molecule has 0 spiro atoms. The first-order valence-corrected chi connectivity index (χ1v) is 13.3. The molecule has 0 aromatic heterocycles. The fourth-order valence-electron chi connectivity index (χ4n) is 3.62. The molecule has 3 aromatic carbocycles. The van der Waals surface area contributed by atoms with Crippen LogP contribution in [0.3, 0.4) is 0 Å². The number of amides is 2. The SMILES string of the molecule is CNC(=O)[C@H](C)N(Cc1ccc(Cl)cc1)C(=O)CN(c1cccc(C)c1)S(=O)(=O)c1ccc(Cl)cc1. The Morgan fingerprint density at radius 1 is 0.944 bits per heavy atom. The highest BCUT2D eigenvalue weighted by Gasteiger charge is 2.32. The second-order valence-corrected chi connectivity index (χ2v) is 11.0. The van der Waals surface area contributed by atoms with Gasteiger partial charge in [-0.2, -0.15) is 0 Å². The van der Waals surface area contributed by atoms with E-state index in [4.69, 9.17) is 23.2 Å². The summed E-state index contributed by atoms with van der Waals surface area (Å²) in [7, 11) is -2.66. The monoisotopic (exact) mass is 547 g/mol. The second kappa shape index (κ2) is 11.8. The maximum absolute atomic E-state index is 13.7. The first-order valence-electron chi connectivity index (χ1n) is 11.1. The molecule has 0 radical (unpaired) electrons. The van der Waals surface area contributed by atoms with Crippen molar-refractivity contribution in [1.29, 1.82) is 0 Å². The highest BCUT2D eigenvalue weighted by molar-refractivity contribution is 7.92. The average molecular weight is 548 g/mol. The Hall–Kier alpha value is -3.07. The largest absolute Gasteiger partial charge is 0.357 e. The number of aryl methyl sites for hydroxylation is 1. The van der Waals surface area contributed by atoms with Gasteiger partial charge < -0.3 is 10.2 Å². The lowest BCUT2D eigenvalue weighted by Gasteiger charge is -2.32. The van der Waals surface area contributed by atoms with Crippen molar-refractivity contribution in [2.75, 3.05) is 17.9 Å². The van der Waals surface area contributed by atoms with Gasteiger partial charge in [-0.15, -0.1) is 0 Å². The summed E-state index contributed by atoms with van der Waals surface area (Å²) in [6, 6.07) is 18.6. The highest BCUT2D eigenvalue weighted by atomic mass is 35.5. The summed E-state index contributed by atoms with van der Waals surface area (Å²) in [5, 5.41) is 3.48. The lowest BCUT2D eigenvalue weighted by Crippen LogP contribution is -2.50. The van der Waals surface area contributed by atoms with E-state index >= 15 is 0 Å². The van der Waals surface area contributed by atoms with E-state index in [1.807, 2.05) is 13.0 Å². The Balaban J connectivity index is 2.02. The van der Waals surface area contributed by atoms with Gasteiger partial charge in [0.05, 0.1) is 10.6 Å². The molecule has 0 aliphatic carbocycles. The number of halogens is 2. The van der Waals surface area contributed by atoms with Crippen LogP contribution in [0.4, 0.5) is 5.69 Å². The Bertz CT molecular complexity index is 1330. The summed E-state index contributed by atoms with van der Waals surface area (Å²) in [5.74, 6) is -0.917. The molecule has 1 atom stereocenters. The molecule has 0 bridgehead atoms. The van der Waals surface area contributed by atoms with Gasteiger partial charge in [0.2, 0.25) is 11.8 Å². The minimum atomic E-state index is -4.14. The number of benzene rings is 3. The van der Waals surface area contributed by atoms with Crippen LogP contribution in [0.2, 0.25) is 10.0 Å². The minimum absolute atomic E-state index is 0.00944. The molecular weight excluding hydrogens is 521 g/mol. The van der Waals surface area contributed by atoms with Gasteiger partial charge >= 0.3 is 0 Å². The number of nitrogens with zero attached hydrogens (tertiary/aromatic N) is 2. The third-order valence-electron chi connectivity index (χ3n) is 5.65. The lowest BCUT2D eigenvalue weighted by atomic mass is 10.1. The molecule has 190 valence electrons. The van der Waals surface area contributed by atoms with Gasteiger partial charge in [0, 0.05) is 23.6 Å². The smallest absolute Gasteiger partial charge is 0.264 e. The number of rotatable bonds is 9. The molecule has 2 amide bonds. The van der Waals surface area contributed by atoms with Crippen molar-refractivity contribution in [3.8, 4) is 0 Å². The lowest BCUT2D eigenvalue weighted by molar-refractivity contribution is -0.139. The molecule has 0 aliphatic heterocycles. The van der Waals surface area contributed by atoms with Crippen molar-refractivity contribution in [1.82, 2.24) is 10.2 Å². The van der Waals surface area contributed by atoms with Gasteiger partial charge in [-0.05, 0) is 73.5 Å². The normalized spacial score (nSPS) is 12.0. The van der Waals surface area contributed by atoms with Crippen LogP contribution in [0.5, 0.6) is 0 Å². The predicted octanol–water partition coefficient (Wildman–Crippen LogP) is 4.66. The van der Waals surface area contributed by atoms with Crippen LogP contribution < -0.4 is 9.62 Å². The van der Waals surface area contributed by atoms with E-state index < -0.39 is 28.5 Å². The molecule has 3 rings (SSSR count). The topological polar surface area (TPSA) is 86.8 Å². The summed E-state index contributed by atoms with van der Waals surface area (Å²) in [6.07, 6.45) is 0. The van der Waals surface area contributed by atoms with E-state index in [0.29, 0.717) is 15.7 Å². The molecule has 36 heavy (non-hydrogen) atoms. The van der Waals surface area contributed by atoms with Gasteiger partial charge in [0.1, 0.15) is 12.6 Å². The van der Waals surface area contributed by atoms with Crippen LogP contribution in [-0.2, 0) is 26.2 Å². The molecule has 3 aromatic rings. The highest BCUT2D eigenvalue weighted by Crippen LogP contribution is 2.26. The zero-order chi connectivity index (χ0) is 26.5. The van der Waals surface area contributed by atoms with Crippen LogP contribution >= 0.6 is 23.2 Å². The molecule has 0 saturated heterocycles. The maximum atomic E-state index is 13.7. The van der Waals surface area contributed by atoms with E-state index in [-0.39, 0.29) is 17.3 Å². The van der Waals surface area contributed by atoms with E-state index in [1.54, 1.807) is 49.4 Å². The molecule has 1 N–H and O–H groups in total. The molecule has 10 heteroatoms. The Kier molecular flexibility index (Phi) is 9.00. The van der Waals surface area contributed by atoms with E-state index in [0.717, 1.165) is 15.4 Å². The van der Waals surface area contributed by atoms with Crippen LogP contribution in [-0.4, -0.2) is 44.8 Å². The fourth-order valence-corrected chi connectivity index (χ4v) is 5.28. The standard InChI is InChI=1S/C26H27Cl2N3O4S/c1-18-5-4-6-23(15-18)31(36(34,35)24-13-11-22(28)12-14-24)17-25(32)30(19(2)26(33)29-3)16-20-7-9-21(27)10-8-20/h4-15,19H,16-17H2,1-3H3,(H,29,33)/t19-/m0/s1. The number of hydrogen-bond donors (Lipinski definition) is 1. The number of likely N-dealkylation sites (N-methyl/N-ethyl adjacent to an activating group) is 1. The zero-order valence-corrected chi connectivity index (χ0v) is 22.4. The number of sulfonamides is 1. The third kappa shape index (κ3) is 6.57. The van der Waals surface area contributed by atoms with Crippen LogP contribution in [0.15, 0.2) is 77.7 Å². The quantitative estimate of drug-likeness (QED) is 0.422. The Labute approximate surface area is 221 Å². The molecular formula is C26H27Cl2N3O4S. The predicted molar refractivity (Wildman–Crippen MR) is 143 cm³/mol. The van der Waals surface area contributed by atoms with Crippen molar-refractivity contribution >= 4 is 50.7 Å². The molecule has 0 heterocycles. The molecule has 7 nitrogen and oxygen atoms in total. The first kappa shape index (κ1) is 27.5.